The van der Waals surface area contributed by atoms with Gasteiger partial charge in [0.2, 0.25) is 0 Å². The van der Waals surface area contributed by atoms with E-state index in [0.29, 0.717) is 30.9 Å². The number of rotatable bonds is 6. The van der Waals surface area contributed by atoms with Crippen LogP contribution in [0.3, 0.4) is 0 Å². The van der Waals surface area contributed by atoms with Crippen molar-refractivity contribution in [3.05, 3.63) is 29.8 Å². The molecule has 0 saturated carbocycles. The van der Waals surface area contributed by atoms with Crippen LogP contribution in [0.1, 0.15) is 39.2 Å². The standard InChI is InChI=1S/C14H21NO3/c1-4-12(15-17)11-7-5-6-8-13(11)18-10-9-14(2,3)16/h5-8,16-17H,4,9-10H2,1-3H3. The Morgan fingerprint density at radius 2 is 2.00 bits per heavy atom. The van der Waals surface area contributed by atoms with Crippen LogP contribution in [0, 0.1) is 0 Å². The van der Waals surface area contributed by atoms with E-state index in [1.165, 1.54) is 0 Å². The van der Waals surface area contributed by atoms with Crippen molar-refractivity contribution in [3.8, 4) is 5.75 Å². The smallest absolute Gasteiger partial charge is 0.128 e. The SMILES string of the molecule is CCC(=NO)c1ccccc1OCCC(C)(C)O. The zero-order valence-corrected chi connectivity index (χ0v) is 11.2. The van der Waals surface area contributed by atoms with Gasteiger partial charge in [-0.2, -0.15) is 0 Å². The van der Waals surface area contributed by atoms with Crippen molar-refractivity contribution in [1.82, 2.24) is 0 Å². The van der Waals surface area contributed by atoms with E-state index in [9.17, 15) is 5.11 Å². The van der Waals surface area contributed by atoms with E-state index in [1.54, 1.807) is 13.8 Å². The first-order chi connectivity index (χ1) is 8.48. The summed E-state index contributed by atoms with van der Waals surface area (Å²) in [6.07, 6.45) is 1.17. The summed E-state index contributed by atoms with van der Waals surface area (Å²) < 4.78 is 5.65. The van der Waals surface area contributed by atoms with Crippen LogP contribution in [-0.2, 0) is 0 Å². The van der Waals surface area contributed by atoms with Gasteiger partial charge in [0, 0.05) is 12.0 Å². The molecule has 0 aliphatic rings. The Hall–Kier alpha value is -1.55. The predicted molar refractivity (Wildman–Crippen MR) is 71.5 cm³/mol. The molecule has 0 bridgehead atoms. The maximum atomic E-state index is 9.62. The second kappa shape index (κ2) is 6.40. The van der Waals surface area contributed by atoms with Gasteiger partial charge >= 0.3 is 0 Å². The fourth-order valence-electron chi connectivity index (χ4n) is 1.56. The molecule has 4 nitrogen and oxygen atoms in total. The molecule has 0 fully saturated rings. The van der Waals surface area contributed by atoms with Crippen LogP contribution in [0.25, 0.3) is 0 Å². The predicted octanol–water partition coefficient (Wildman–Crippen LogP) is 2.81. The van der Waals surface area contributed by atoms with Gasteiger partial charge < -0.3 is 15.1 Å². The zero-order chi connectivity index (χ0) is 13.6. The fraction of sp³-hybridized carbons (Fsp3) is 0.500. The van der Waals surface area contributed by atoms with Gasteiger partial charge in [-0.15, -0.1) is 0 Å². The molecule has 0 aromatic heterocycles. The van der Waals surface area contributed by atoms with E-state index in [1.807, 2.05) is 31.2 Å². The average Bonchev–Trinajstić information content (AvgIpc) is 2.31. The second-order valence-corrected chi connectivity index (χ2v) is 4.81. The third-order valence-corrected chi connectivity index (χ3v) is 2.62. The van der Waals surface area contributed by atoms with E-state index in [4.69, 9.17) is 9.94 Å². The monoisotopic (exact) mass is 251 g/mol. The van der Waals surface area contributed by atoms with Crippen LogP contribution < -0.4 is 4.74 Å². The summed E-state index contributed by atoms with van der Waals surface area (Å²) in [7, 11) is 0. The van der Waals surface area contributed by atoms with Crippen LogP contribution in [0.2, 0.25) is 0 Å². The number of oxime groups is 1. The Morgan fingerprint density at radius 1 is 1.33 bits per heavy atom. The highest BCUT2D eigenvalue weighted by molar-refractivity contribution is 6.02. The summed E-state index contributed by atoms with van der Waals surface area (Å²) in [5.41, 5.74) is 0.639. The fourth-order valence-corrected chi connectivity index (χ4v) is 1.56. The Morgan fingerprint density at radius 3 is 2.56 bits per heavy atom. The largest absolute Gasteiger partial charge is 0.493 e. The molecule has 0 spiro atoms. The molecule has 0 aliphatic heterocycles. The van der Waals surface area contributed by atoms with Crippen molar-refractivity contribution in [1.29, 1.82) is 0 Å². The summed E-state index contributed by atoms with van der Waals surface area (Å²) in [6.45, 7) is 5.83. The highest BCUT2D eigenvalue weighted by atomic mass is 16.5. The van der Waals surface area contributed by atoms with E-state index in [-0.39, 0.29) is 0 Å². The quantitative estimate of drug-likeness (QED) is 0.464. The molecule has 2 N–H and O–H groups in total. The van der Waals surface area contributed by atoms with Gasteiger partial charge in [-0.05, 0) is 32.4 Å². The minimum absolute atomic E-state index is 0.420. The van der Waals surface area contributed by atoms with Gasteiger partial charge in [0.05, 0.1) is 17.9 Å². The summed E-state index contributed by atoms with van der Waals surface area (Å²) in [4.78, 5) is 0. The molecule has 100 valence electrons. The molecule has 1 rings (SSSR count). The van der Waals surface area contributed by atoms with Crippen LogP contribution in [-0.4, -0.2) is 28.2 Å². The van der Waals surface area contributed by atoms with E-state index >= 15 is 0 Å². The Balaban J connectivity index is 2.77. The molecule has 0 saturated heterocycles. The third kappa shape index (κ3) is 4.37. The van der Waals surface area contributed by atoms with Crippen molar-refractivity contribution < 1.29 is 15.1 Å². The number of para-hydroxylation sites is 1. The highest BCUT2D eigenvalue weighted by Gasteiger charge is 2.14. The number of hydrogen-bond donors (Lipinski definition) is 2. The van der Waals surface area contributed by atoms with Crippen LogP contribution in [0.5, 0.6) is 5.75 Å². The lowest BCUT2D eigenvalue weighted by Crippen LogP contribution is -2.22. The van der Waals surface area contributed by atoms with E-state index < -0.39 is 5.60 Å². The molecule has 0 aliphatic carbocycles. The third-order valence-electron chi connectivity index (χ3n) is 2.62. The summed E-state index contributed by atoms with van der Waals surface area (Å²) in [5.74, 6) is 0.677. The van der Waals surface area contributed by atoms with E-state index in [0.717, 1.165) is 5.56 Å². The second-order valence-electron chi connectivity index (χ2n) is 4.81. The van der Waals surface area contributed by atoms with Crippen molar-refractivity contribution >= 4 is 5.71 Å². The molecular weight excluding hydrogens is 230 g/mol. The first kappa shape index (κ1) is 14.5. The highest BCUT2D eigenvalue weighted by Crippen LogP contribution is 2.21. The van der Waals surface area contributed by atoms with Crippen LogP contribution >= 0.6 is 0 Å². The summed E-state index contributed by atoms with van der Waals surface area (Å²) in [6, 6.07) is 7.44. The molecule has 0 amide bonds. The lowest BCUT2D eigenvalue weighted by Gasteiger charge is -2.18. The topological polar surface area (TPSA) is 62.1 Å². The van der Waals surface area contributed by atoms with Crippen LogP contribution in [0.15, 0.2) is 29.4 Å². The maximum Gasteiger partial charge on any atom is 0.128 e. The molecule has 0 atom stereocenters. The Bertz CT molecular complexity index is 408. The van der Waals surface area contributed by atoms with Crippen LogP contribution in [0.4, 0.5) is 0 Å². The molecule has 0 radical (unpaired) electrons. The molecule has 1 aromatic rings. The maximum absolute atomic E-state index is 9.62. The van der Waals surface area contributed by atoms with Gasteiger partial charge in [0.1, 0.15) is 5.75 Å². The molecule has 18 heavy (non-hydrogen) atoms. The van der Waals surface area contributed by atoms with Crippen molar-refractivity contribution in [2.75, 3.05) is 6.61 Å². The minimum atomic E-state index is -0.742. The van der Waals surface area contributed by atoms with Gasteiger partial charge in [-0.1, -0.05) is 24.2 Å². The number of ether oxygens (including phenoxy) is 1. The first-order valence-electron chi connectivity index (χ1n) is 6.13. The van der Waals surface area contributed by atoms with Crippen molar-refractivity contribution in [2.45, 2.75) is 39.2 Å². The van der Waals surface area contributed by atoms with E-state index in [2.05, 4.69) is 5.16 Å². The molecule has 0 unspecified atom stereocenters. The Kier molecular flexibility index (Phi) is 5.16. The zero-order valence-electron chi connectivity index (χ0n) is 11.2. The summed E-state index contributed by atoms with van der Waals surface area (Å²) in [5, 5.41) is 21.9. The molecule has 0 heterocycles. The summed E-state index contributed by atoms with van der Waals surface area (Å²) >= 11 is 0. The number of nitrogens with zero attached hydrogens (tertiary/aromatic N) is 1. The lowest BCUT2D eigenvalue weighted by molar-refractivity contribution is 0.0553. The lowest BCUT2D eigenvalue weighted by atomic mass is 10.1. The number of aliphatic hydroxyl groups is 1. The number of hydrogen-bond acceptors (Lipinski definition) is 4. The van der Waals surface area contributed by atoms with Crippen molar-refractivity contribution in [3.63, 3.8) is 0 Å². The average molecular weight is 251 g/mol. The number of benzene rings is 1. The van der Waals surface area contributed by atoms with Gasteiger partial charge in [0.15, 0.2) is 0 Å². The van der Waals surface area contributed by atoms with Gasteiger partial charge in [0.25, 0.3) is 0 Å². The molecular formula is C14H21NO3. The normalized spacial score (nSPS) is 12.6. The Labute approximate surface area is 108 Å². The van der Waals surface area contributed by atoms with Gasteiger partial charge in [-0.25, -0.2) is 0 Å². The van der Waals surface area contributed by atoms with Gasteiger partial charge in [-0.3, -0.25) is 0 Å². The first-order valence-corrected chi connectivity index (χ1v) is 6.13. The minimum Gasteiger partial charge on any atom is -0.493 e. The molecule has 4 heteroatoms. The van der Waals surface area contributed by atoms with Crippen molar-refractivity contribution in [2.24, 2.45) is 5.16 Å². The molecule has 1 aromatic carbocycles.